The minimum Gasteiger partial charge on any atom is -0.427 e. The number of benzene rings is 2. The van der Waals surface area contributed by atoms with Crippen molar-refractivity contribution in [3.05, 3.63) is 59.7 Å². The Hall–Kier alpha value is -2.78. The van der Waals surface area contributed by atoms with Gasteiger partial charge in [-0.25, -0.2) is 9.78 Å². The molecule has 0 aliphatic carbocycles. The highest BCUT2D eigenvalue weighted by Crippen LogP contribution is 2.38. The van der Waals surface area contributed by atoms with Crippen molar-refractivity contribution in [3.63, 3.8) is 0 Å². The van der Waals surface area contributed by atoms with E-state index in [1.165, 1.54) is 0 Å². The van der Waals surface area contributed by atoms with Crippen molar-refractivity contribution < 1.29 is 39.4 Å². The number of carbonyl (C=O) groups excluding carboxylic acids is 2. The molecular weight excluding hydrogens is 464 g/mol. The first kappa shape index (κ1) is 29.5. The standard InChI is InChI=1S/C28H38O8/c1-5-7-8-10-26(30)34-24-17-13-22(14-18-24)28(4,36-32)20-19-27(3,35-31)21-11-15-23(16-12-21)33-25(29)9-6-2/h11-18,31-32H,5-10,19-20H2,1-4H3. The maximum absolute atomic E-state index is 12.0. The van der Waals surface area contributed by atoms with Crippen LogP contribution in [0.1, 0.15) is 90.2 Å². The van der Waals surface area contributed by atoms with E-state index in [9.17, 15) is 20.1 Å². The Bertz CT molecular complexity index is 957. The summed E-state index contributed by atoms with van der Waals surface area (Å²) >= 11 is 0. The lowest BCUT2D eigenvalue weighted by Gasteiger charge is -2.32. The van der Waals surface area contributed by atoms with Crippen molar-refractivity contribution in [2.45, 2.75) is 90.3 Å². The molecule has 0 saturated heterocycles. The lowest BCUT2D eigenvalue weighted by atomic mass is 9.83. The number of esters is 2. The molecule has 0 amide bonds. The molecule has 0 aromatic heterocycles. The van der Waals surface area contributed by atoms with Crippen LogP contribution in [0.2, 0.25) is 0 Å². The second-order valence-corrected chi connectivity index (χ2v) is 9.35. The Balaban J connectivity index is 2.06. The predicted octanol–water partition coefficient (Wildman–Crippen LogP) is 6.77. The first-order valence-electron chi connectivity index (χ1n) is 12.5. The second kappa shape index (κ2) is 14.1. The Morgan fingerprint density at radius 3 is 1.44 bits per heavy atom. The highest BCUT2D eigenvalue weighted by Gasteiger charge is 2.35. The molecular formula is C28H38O8. The van der Waals surface area contributed by atoms with Crippen molar-refractivity contribution in [1.29, 1.82) is 0 Å². The molecule has 0 fully saturated rings. The summed E-state index contributed by atoms with van der Waals surface area (Å²) in [7, 11) is 0. The average Bonchev–Trinajstić information content (AvgIpc) is 2.88. The van der Waals surface area contributed by atoms with E-state index in [4.69, 9.17) is 19.2 Å². The fourth-order valence-corrected chi connectivity index (χ4v) is 3.80. The molecule has 2 aromatic rings. The van der Waals surface area contributed by atoms with Gasteiger partial charge in [0.25, 0.3) is 0 Å². The fourth-order valence-electron chi connectivity index (χ4n) is 3.80. The lowest BCUT2D eigenvalue weighted by Crippen LogP contribution is -2.31. The van der Waals surface area contributed by atoms with E-state index in [0.29, 0.717) is 41.9 Å². The van der Waals surface area contributed by atoms with Crippen LogP contribution in [0.15, 0.2) is 48.5 Å². The maximum atomic E-state index is 12.0. The van der Waals surface area contributed by atoms with Crippen LogP contribution in [-0.4, -0.2) is 22.5 Å². The van der Waals surface area contributed by atoms with Crippen molar-refractivity contribution in [1.82, 2.24) is 0 Å². The Morgan fingerprint density at radius 2 is 1.08 bits per heavy atom. The van der Waals surface area contributed by atoms with Crippen LogP contribution in [0.3, 0.4) is 0 Å². The van der Waals surface area contributed by atoms with Crippen LogP contribution < -0.4 is 9.47 Å². The van der Waals surface area contributed by atoms with Gasteiger partial charge in [0.2, 0.25) is 0 Å². The number of unbranched alkanes of at least 4 members (excludes halogenated alkanes) is 2. The first-order chi connectivity index (χ1) is 17.2. The van der Waals surface area contributed by atoms with E-state index in [1.807, 2.05) is 6.92 Å². The van der Waals surface area contributed by atoms with E-state index >= 15 is 0 Å². The monoisotopic (exact) mass is 502 g/mol. The topological polar surface area (TPSA) is 112 Å². The molecule has 2 rings (SSSR count). The Morgan fingerprint density at radius 1 is 0.667 bits per heavy atom. The number of hydrogen-bond acceptors (Lipinski definition) is 8. The highest BCUT2D eigenvalue weighted by atomic mass is 17.1. The lowest BCUT2D eigenvalue weighted by molar-refractivity contribution is -0.344. The fraction of sp³-hybridized carbons (Fsp3) is 0.500. The van der Waals surface area contributed by atoms with Crippen LogP contribution in [-0.2, 0) is 30.6 Å². The molecule has 0 aliphatic heterocycles. The van der Waals surface area contributed by atoms with Gasteiger partial charge in [-0.15, -0.1) is 0 Å². The third kappa shape index (κ3) is 8.41. The molecule has 0 aliphatic rings. The van der Waals surface area contributed by atoms with Gasteiger partial charge in [0.05, 0.1) is 0 Å². The summed E-state index contributed by atoms with van der Waals surface area (Å²) in [5.41, 5.74) is -0.904. The molecule has 0 heterocycles. The van der Waals surface area contributed by atoms with Crippen LogP contribution >= 0.6 is 0 Å². The van der Waals surface area contributed by atoms with Crippen molar-refractivity contribution >= 4 is 11.9 Å². The number of carbonyl (C=O) groups is 2. The molecule has 36 heavy (non-hydrogen) atoms. The van der Waals surface area contributed by atoms with Gasteiger partial charge in [-0.1, -0.05) is 51.0 Å². The van der Waals surface area contributed by atoms with E-state index in [-0.39, 0.29) is 24.8 Å². The zero-order valence-electron chi connectivity index (χ0n) is 21.6. The van der Waals surface area contributed by atoms with Crippen molar-refractivity contribution in [2.75, 3.05) is 0 Å². The van der Waals surface area contributed by atoms with Crippen molar-refractivity contribution in [2.24, 2.45) is 0 Å². The summed E-state index contributed by atoms with van der Waals surface area (Å²) in [5, 5.41) is 19.5. The first-order valence-corrected chi connectivity index (χ1v) is 12.5. The molecule has 2 aromatic carbocycles. The quantitative estimate of drug-likeness (QED) is 0.0902. The summed E-state index contributed by atoms with van der Waals surface area (Å²) in [6.45, 7) is 7.40. The van der Waals surface area contributed by atoms with Crippen LogP contribution in [0.4, 0.5) is 0 Å². The van der Waals surface area contributed by atoms with Gasteiger partial charge < -0.3 is 9.47 Å². The second-order valence-electron chi connectivity index (χ2n) is 9.35. The van der Waals surface area contributed by atoms with Gasteiger partial charge in [0.1, 0.15) is 22.7 Å². The summed E-state index contributed by atoms with van der Waals surface area (Å²) in [5.74, 6) is 0.245. The molecule has 0 spiro atoms. The number of rotatable bonds is 15. The number of ether oxygens (including phenoxy) is 2. The summed E-state index contributed by atoms with van der Waals surface area (Å²) in [6.07, 6.45) is 4.77. The van der Waals surface area contributed by atoms with Gasteiger partial charge in [-0.3, -0.25) is 20.1 Å². The van der Waals surface area contributed by atoms with Crippen LogP contribution in [0.5, 0.6) is 11.5 Å². The van der Waals surface area contributed by atoms with E-state index < -0.39 is 11.2 Å². The third-order valence-corrected chi connectivity index (χ3v) is 6.31. The van der Waals surface area contributed by atoms with Gasteiger partial charge >= 0.3 is 11.9 Å². The van der Waals surface area contributed by atoms with Gasteiger partial charge in [-0.2, -0.15) is 0 Å². The Kier molecular flexibility index (Phi) is 11.5. The smallest absolute Gasteiger partial charge is 0.311 e. The number of hydrogen-bond donors (Lipinski definition) is 2. The Labute approximate surface area is 213 Å². The van der Waals surface area contributed by atoms with Gasteiger partial charge in [-0.05, 0) is 74.9 Å². The van der Waals surface area contributed by atoms with E-state index in [0.717, 1.165) is 19.3 Å². The zero-order chi connectivity index (χ0) is 26.6. The molecule has 2 unspecified atom stereocenters. The van der Waals surface area contributed by atoms with Crippen LogP contribution in [0.25, 0.3) is 0 Å². The molecule has 2 N–H and O–H groups in total. The molecule has 198 valence electrons. The minimum atomic E-state index is -1.11. The largest absolute Gasteiger partial charge is 0.427 e. The molecule has 0 radical (unpaired) electrons. The van der Waals surface area contributed by atoms with Crippen molar-refractivity contribution in [3.8, 4) is 11.5 Å². The normalized spacial score (nSPS) is 14.5. The third-order valence-electron chi connectivity index (χ3n) is 6.31. The minimum absolute atomic E-state index is 0.278. The zero-order valence-corrected chi connectivity index (χ0v) is 21.6. The molecule has 0 bridgehead atoms. The summed E-state index contributed by atoms with van der Waals surface area (Å²) in [6, 6.07) is 13.5. The molecule has 8 nitrogen and oxygen atoms in total. The SMILES string of the molecule is CCCCCC(=O)Oc1ccc(C(C)(CCC(C)(OO)c2ccc(OC(=O)CCC)cc2)OO)cc1. The summed E-state index contributed by atoms with van der Waals surface area (Å²) in [4.78, 5) is 33.4. The van der Waals surface area contributed by atoms with Crippen LogP contribution in [0, 0.1) is 0 Å². The van der Waals surface area contributed by atoms with E-state index in [1.54, 1.807) is 62.4 Å². The van der Waals surface area contributed by atoms with E-state index in [2.05, 4.69) is 6.92 Å². The molecule has 2 atom stereocenters. The molecule has 8 heteroatoms. The average molecular weight is 503 g/mol. The maximum Gasteiger partial charge on any atom is 0.311 e. The molecule has 0 saturated carbocycles. The van der Waals surface area contributed by atoms with Gasteiger partial charge in [0, 0.05) is 12.8 Å². The highest BCUT2D eigenvalue weighted by molar-refractivity contribution is 5.72. The van der Waals surface area contributed by atoms with Gasteiger partial charge in [0.15, 0.2) is 0 Å². The summed E-state index contributed by atoms with van der Waals surface area (Å²) < 4.78 is 10.6. The predicted molar refractivity (Wildman–Crippen MR) is 135 cm³/mol.